The van der Waals surface area contributed by atoms with Crippen LogP contribution in [-0.2, 0) is 0 Å². The second kappa shape index (κ2) is 5.66. The minimum absolute atomic E-state index is 0.0686. The molecule has 2 rings (SSSR count). The molecule has 0 aliphatic carbocycles. The van der Waals surface area contributed by atoms with E-state index in [-0.39, 0.29) is 11.7 Å². The van der Waals surface area contributed by atoms with Crippen molar-refractivity contribution in [2.45, 2.75) is 19.9 Å². The first kappa shape index (κ1) is 14.0. The molecule has 1 heterocycles. The van der Waals surface area contributed by atoms with Gasteiger partial charge in [0.1, 0.15) is 0 Å². The number of rotatable bonds is 4. The van der Waals surface area contributed by atoms with E-state index in [2.05, 4.69) is 26.2 Å². The van der Waals surface area contributed by atoms with Crippen molar-refractivity contribution < 1.29 is 4.92 Å². The molecule has 0 aliphatic heterocycles. The van der Waals surface area contributed by atoms with Crippen molar-refractivity contribution in [2.24, 2.45) is 0 Å². The average Bonchev–Trinajstić information content (AvgIpc) is 2.77. The highest BCUT2D eigenvalue weighted by molar-refractivity contribution is 9.10. The van der Waals surface area contributed by atoms with Crippen LogP contribution in [0.4, 0.5) is 11.4 Å². The van der Waals surface area contributed by atoms with Crippen LogP contribution >= 0.6 is 27.3 Å². The monoisotopic (exact) mass is 341 g/mol. The zero-order chi connectivity index (χ0) is 14.0. The van der Waals surface area contributed by atoms with Crippen molar-refractivity contribution in [1.29, 1.82) is 0 Å². The number of hydrogen-bond acceptors (Lipinski definition) is 5. The number of non-ortho nitro benzene ring substituents is 1. The van der Waals surface area contributed by atoms with Gasteiger partial charge < -0.3 is 5.32 Å². The highest BCUT2D eigenvalue weighted by Crippen LogP contribution is 2.31. The van der Waals surface area contributed by atoms with Gasteiger partial charge in [-0.25, -0.2) is 4.98 Å². The van der Waals surface area contributed by atoms with Crippen LogP contribution in [0, 0.1) is 17.0 Å². The van der Waals surface area contributed by atoms with Crippen molar-refractivity contribution in [2.75, 3.05) is 5.32 Å². The third-order valence-corrected chi connectivity index (χ3v) is 4.48. The van der Waals surface area contributed by atoms with Gasteiger partial charge in [-0.2, -0.15) is 0 Å². The van der Waals surface area contributed by atoms with Gasteiger partial charge in [-0.15, -0.1) is 11.3 Å². The molecule has 0 radical (unpaired) electrons. The summed E-state index contributed by atoms with van der Waals surface area (Å²) in [6.45, 7) is 4.00. The Labute approximate surface area is 123 Å². The van der Waals surface area contributed by atoms with E-state index in [1.165, 1.54) is 12.1 Å². The summed E-state index contributed by atoms with van der Waals surface area (Å²) in [5.74, 6) is 0. The Bertz CT molecular complexity index is 615. The van der Waals surface area contributed by atoms with E-state index < -0.39 is 4.92 Å². The molecular weight excluding hydrogens is 330 g/mol. The van der Waals surface area contributed by atoms with Crippen LogP contribution in [0.15, 0.2) is 28.2 Å². The molecule has 1 N–H and O–H groups in total. The summed E-state index contributed by atoms with van der Waals surface area (Å²) < 4.78 is 0.677. The minimum atomic E-state index is -0.411. The van der Waals surface area contributed by atoms with Gasteiger partial charge in [-0.3, -0.25) is 10.1 Å². The number of aryl methyl sites for hydroxylation is 1. The number of nitrogens with one attached hydrogen (secondary N) is 1. The van der Waals surface area contributed by atoms with Gasteiger partial charge in [0.15, 0.2) is 0 Å². The van der Waals surface area contributed by atoms with Crippen molar-refractivity contribution in [3.8, 4) is 0 Å². The highest BCUT2D eigenvalue weighted by Gasteiger charge is 2.14. The first-order chi connectivity index (χ1) is 8.99. The zero-order valence-electron chi connectivity index (χ0n) is 10.4. The topological polar surface area (TPSA) is 68.1 Å². The van der Waals surface area contributed by atoms with Crippen molar-refractivity contribution in [3.63, 3.8) is 0 Å². The lowest BCUT2D eigenvalue weighted by molar-refractivity contribution is -0.384. The lowest BCUT2D eigenvalue weighted by Gasteiger charge is -2.15. The molecule has 7 heteroatoms. The molecule has 1 atom stereocenters. The molecule has 0 saturated carbocycles. The van der Waals surface area contributed by atoms with E-state index in [0.717, 1.165) is 16.3 Å². The Balaban J connectivity index is 2.20. The Morgan fingerprint density at radius 3 is 2.79 bits per heavy atom. The van der Waals surface area contributed by atoms with Crippen LogP contribution < -0.4 is 5.32 Å². The predicted molar refractivity (Wildman–Crippen MR) is 79.7 cm³/mol. The lowest BCUT2D eigenvalue weighted by Crippen LogP contribution is -2.07. The maximum absolute atomic E-state index is 10.7. The van der Waals surface area contributed by atoms with E-state index in [4.69, 9.17) is 0 Å². The number of nitro benzene ring substituents is 1. The lowest BCUT2D eigenvalue weighted by atomic mass is 10.2. The molecule has 2 aromatic rings. The van der Waals surface area contributed by atoms with E-state index in [1.807, 2.05) is 19.4 Å². The van der Waals surface area contributed by atoms with E-state index in [1.54, 1.807) is 17.4 Å². The molecule has 0 amide bonds. The van der Waals surface area contributed by atoms with E-state index in [0.29, 0.717) is 4.47 Å². The summed E-state index contributed by atoms with van der Waals surface area (Å²) in [4.78, 5) is 15.6. The molecule has 0 fully saturated rings. The molecule has 0 saturated heterocycles. The predicted octanol–water partition coefficient (Wildman–Crippen LogP) is 4.30. The number of benzene rings is 1. The van der Waals surface area contributed by atoms with Crippen LogP contribution in [-0.4, -0.2) is 9.91 Å². The van der Waals surface area contributed by atoms with E-state index in [9.17, 15) is 10.1 Å². The molecule has 0 aliphatic rings. The normalized spacial score (nSPS) is 12.2. The summed E-state index contributed by atoms with van der Waals surface area (Å²) in [7, 11) is 0. The number of nitrogens with zero attached hydrogens (tertiary/aromatic N) is 2. The Morgan fingerprint density at radius 1 is 1.53 bits per heavy atom. The fourth-order valence-electron chi connectivity index (χ4n) is 1.76. The number of anilines is 1. The highest BCUT2D eigenvalue weighted by atomic mass is 79.9. The number of aromatic nitrogens is 1. The number of thiazole rings is 1. The quantitative estimate of drug-likeness (QED) is 0.665. The summed E-state index contributed by atoms with van der Waals surface area (Å²) in [6, 6.07) is 4.79. The fourth-order valence-corrected chi connectivity index (χ4v) is 3.05. The van der Waals surface area contributed by atoms with Gasteiger partial charge in [0.05, 0.1) is 22.2 Å². The smallest absolute Gasteiger partial charge is 0.270 e. The second-order valence-electron chi connectivity index (χ2n) is 4.09. The SMILES string of the molecule is Cc1ncsc1C(C)Nc1ccc([N+](=O)[O-])cc1Br. The first-order valence-electron chi connectivity index (χ1n) is 5.59. The van der Waals surface area contributed by atoms with Crippen LogP contribution in [0.3, 0.4) is 0 Å². The summed E-state index contributed by atoms with van der Waals surface area (Å²) in [5.41, 5.74) is 3.71. The van der Waals surface area contributed by atoms with Gasteiger partial charge in [0.2, 0.25) is 0 Å². The molecule has 0 bridgehead atoms. The van der Waals surface area contributed by atoms with Gasteiger partial charge in [-0.05, 0) is 35.8 Å². The largest absolute Gasteiger partial charge is 0.377 e. The molecule has 1 aromatic carbocycles. The fraction of sp³-hybridized carbons (Fsp3) is 0.250. The summed E-state index contributed by atoms with van der Waals surface area (Å²) >= 11 is 4.94. The van der Waals surface area contributed by atoms with Gasteiger partial charge in [0.25, 0.3) is 5.69 Å². The molecule has 100 valence electrons. The van der Waals surface area contributed by atoms with Crippen molar-refractivity contribution >= 4 is 38.6 Å². The number of halogens is 1. The zero-order valence-corrected chi connectivity index (χ0v) is 12.8. The third kappa shape index (κ3) is 3.10. The molecular formula is C12H12BrN3O2S. The first-order valence-corrected chi connectivity index (χ1v) is 7.26. The minimum Gasteiger partial charge on any atom is -0.377 e. The van der Waals surface area contributed by atoms with Crippen LogP contribution in [0.2, 0.25) is 0 Å². The number of nitro groups is 1. The molecule has 5 nitrogen and oxygen atoms in total. The Hall–Kier alpha value is -1.47. The van der Waals surface area contributed by atoms with Crippen LogP contribution in [0.25, 0.3) is 0 Å². The molecule has 0 spiro atoms. The molecule has 1 aromatic heterocycles. The number of hydrogen-bond donors (Lipinski definition) is 1. The molecule has 19 heavy (non-hydrogen) atoms. The summed E-state index contributed by atoms with van der Waals surface area (Å²) in [5, 5.41) is 14.0. The van der Waals surface area contributed by atoms with Gasteiger partial charge in [-0.1, -0.05) is 0 Å². The van der Waals surface area contributed by atoms with Crippen LogP contribution in [0.5, 0.6) is 0 Å². The van der Waals surface area contributed by atoms with E-state index >= 15 is 0 Å². The Kier molecular flexibility index (Phi) is 4.16. The van der Waals surface area contributed by atoms with Crippen LogP contribution in [0.1, 0.15) is 23.5 Å². The van der Waals surface area contributed by atoms with Gasteiger partial charge >= 0.3 is 0 Å². The van der Waals surface area contributed by atoms with Crippen molar-refractivity contribution in [3.05, 3.63) is 48.9 Å². The standard InChI is InChI=1S/C12H12BrN3O2S/c1-7-12(19-6-14-7)8(2)15-11-4-3-9(16(17)18)5-10(11)13/h3-6,8,15H,1-2H3. The second-order valence-corrected chi connectivity index (χ2v) is 5.83. The maximum atomic E-state index is 10.7. The van der Waals surface area contributed by atoms with Gasteiger partial charge in [0, 0.05) is 27.2 Å². The Morgan fingerprint density at radius 2 is 2.26 bits per heavy atom. The van der Waals surface area contributed by atoms with Crippen molar-refractivity contribution in [1.82, 2.24) is 4.98 Å². The third-order valence-electron chi connectivity index (χ3n) is 2.71. The molecule has 1 unspecified atom stereocenters. The average molecular weight is 342 g/mol. The summed E-state index contributed by atoms with van der Waals surface area (Å²) in [6.07, 6.45) is 0. The maximum Gasteiger partial charge on any atom is 0.270 e.